The van der Waals surface area contributed by atoms with E-state index >= 15 is 0 Å². The first-order valence-electron chi connectivity index (χ1n) is 7.39. The Labute approximate surface area is 140 Å². The van der Waals surface area contributed by atoms with Crippen molar-refractivity contribution in [2.24, 2.45) is 11.7 Å². The van der Waals surface area contributed by atoms with E-state index in [4.69, 9.17) is 22.1 Å². The molecule has 0 saturated carbocycles. The first-order chi connectivity index (χ1) is 10.8. The van der Waals surface area contributed by atoms with E-state index < -0.39 is 4.92 Å². The molecule has 3 N–H and O–H groups in total. The molecule has 0 bridgehead atoms. The normalized spacial score (nSPS) is 12.0. The Morgan fingerprint density at radius 1 is 1.48 bits per heavy atom. The zero-order valence-corrected chi connectivity index (χ0v) is 14.0. The number of carbonyl (C=O) groups excluding carboxylic acids is 1. The van der Waals surface area contributed by atoms with Crippen molar-refractivity contribution >= 4 is 23.2 Å². The Kier molecular flexibility index (Phi) is 7.77. The summed E-state index contributed by atoms with van der Waals surface area (Å²) in [7, 11) is 0. The molecular formula is C15H22ClN3O4. The number of rotatable bonds is 9. The van der Waals surface area contributed by atoms with Crippen LogP contribution in [0.1, 0.15) is 26.7 Å². The van der Waals surface area contributed by atoms with Crippen LogP contribution in [-0.4, -0.2) is 30.0 Å². The second kappa shape index (κ2) is 9.32. The van der Waals surface area contributed by atoms with E-state index in [1.165, 1.54) is 18.2 Å². The lowest BCUT2D eigenvalue weighted by atomic mass is 10.0. The van der Waals surface area contributed by atoms with E-state index in [9.17, 15) is 14.9 Å². The molecule has 0 fully saturated rings. The van der Waals surface area contributed by atoms with Gasteiger partial charge in [0, 0.05) is 23.7 Å². The predicted molar refractivity (Wildman–Crippen MR) is 88.7 cm³/mol. The summed E-state index contributed by atoms with van der Waals surface area (Å²) in [5, 5.41) is 14.0. The maximum absolute atomic E-state index is 11.9. The van der Waals surface area contributed by atoms with Gasteiger partial charge in [-0.05, 0) is 24.5 Å². The van der Waals surface area contributed by atoms with Gasteiger partial charge in [-0.2, -0.15) is 0 Å². The van der Waals surface area contributed by atoms with Crippen LogP contribution in [0.25, 0.3) is 0 Å². The molecule has 0 heterocycles. The lowest BCUT2D eigenvalue weighted by molar-refractivity contribution is -0.385. The Morgan fingerprint density at radius 3 is 2.74 bits per heavy atom. The Morgan fingerprint density at radius 2 is 2.17 bits per heavy atom. The Hall–Kier alpha value is -1.86. The highest BCUT2D eigenvalue weighted by molar-refractivity contribution is 6.30. The van der Waals surface area contributed by atoms with Crippen molar-refractivity contribution in [2.75, 3.05) is 13.2 Å². The molecule has 0 radical (unpaired) electrons. The maximum Gasteiger partial charge on any atom is 0.312 e. The van der Waals surface area contributed by atoms with Gasteiger partial charge in [-0.15, -0.1) is 0 Å². The quantitative estimate of drug-likeness (QED) is 0.529. The van der Waals surface area contributed by atoms with Crippen LogP contribution < -0.4 is 15.8 Å². The van der Waals surface area contributed by atoms with Crippen molar-refractivity contribution in [3.63, 3.8) is 0 Å². The van der Waals surface area contributed by atoms with Gasteiger partial charge in [-0.25, -0.2) is 0 Å². The fourth-order valence-corrected chi connectivity index (χ4v) is 2.26. The van der Waals surface area contributed by atoms with Crippen molar-refractivity contribution in [1.29, 1.82) is 0 Å². The van der Waals surface area contributed by atoms with Crippen molar-refractivity contribution in [3.8, 4) is 5.75 Å². The Balaban J connectivity index is 2.50. The van der Waals surface area contributed by atoms with Gasteiger partial charge in [0.1, 0.15) is 0 Å². The van der Waals surface area contributed by atoms with E-state index in [0.29, 0.717) is 12.5 Å². The molecule has 1 rings (SSSR count). The minimum Gasteiger partial charge on any atom is -0.486 e. The number of halogens is 1. The molecular weight excluding hydrogens is 322 g/mol. The molecule has 1 aromatic rings. The number of ether oxygens (including phenoxy) is 1. The lowest BCUT2D eigenvalue weighted by Crippen LogP contribution is -2.41. The highest BCUT2D eigenvalue weighted by Crippen LogP contribution is 2.29. The minimum absolute atomic E-state index is 0.0350. The number of hydrogen-bond acceptors (Lipinski definition) is 5. The predicted octanol–water partition coefficient (Wildman–Crippen LogP) is 2.51. The Bertz CT molecular complexity index is 552. The number of nitrogens with zero attached hydrogens (tertiary/aromatic N) is 1. The number of benzene rings is 1. The summed E-state index contributed by atoms with van der Waals surface area (Å²) >= 11 is 5.72. The smallest absolute Gasteiger partial charge is 0.312 e. The molecule has 1 amide bonds. The van der Waals surface area contributed by atoms with E-state index in [1.54, 1.807) is 0 Å². The van der Waals surface area contributed by atoms with Gasteiger partial charge in [0.25, 0.3) is 0 Å². The number of nitrogens with two attached hydrogens (primary N) is 1. The summed E-state index contributed by atoms with van der Waals surface area (Å²) in [6, 6.07) is 4.05. The van der Waals surface area contributed by atoms with Gasteiger partial charge in [0.05, 0.1) is 18.0 Å². The summed E-state index contributed by atoms with van der Waals surface area (Å²) in [6.45, 7) is 4.51. The summed E-state index contributed by atoms with van der Waals surface area (Å²) in [4.78, 5) is 22.2. The van der Waals surface area contributed by atoms with Gasteiger partial charge < -0.3 is 15.8 Å². The van der Waals surface area contributed by atoms with Gasteiger partial charge in [0.15, 0.2) is 5.75 Å². The maximum atomic E-state index is 11.9. The zero-order valence-electron chi connectivity index (χ0n) is 13.3. The van der Waals surface area contributed by atoms with Crippen molar-refractivity contribution in [3.05, 3.63) is 33.3 Å². The third-order valence-electron chi connectivity index (χ3n) is 3.11. The topological polar surface area (TPSA) is 107 Å². The van der Waals surface area contributed by atoms with Crippen molar-refractivity contribution in [1.82, 2.24) is 5.32 Å². The van der Waals surface area contributed by atoms with Crippen LogP contribution >= 0.6 is 11.6 Å². The van der Waals surface area contributed by atoms with E-state index in [0.717, 1.165) is 6.42 Å². The average Bonchev–Trinajstić information content (AvgIpc) is 2.47. The molecule has 8 heteroatoms. The van der Waals surface area contributed by atoms with Gasteiger partial charge >= 0.3 is 5.69 Å². The van der Waals surface area contributed by atoms with Crippen LogP contribution in [0.5, 0.6) is 5.75 Å². The average molecular weight is 344 g/mol. The summed E-state index contributed by atoms with van der Waals surface area (Å²) in [5.41, 5.74) is 5.40. The SMILES string of the molecule is CC(C)CC(CN)NC(=O)CCOc1ccc(Cl)cc1[N+](=O)[O-]. The van der Waals surface area contributed by atoms with Gasteiger partial charge in [0.2, 0.25) is 5.91 Å². The van der Waals surface area contributed by atoms with Crippen molar-refractivity contribution in [2.45, 2.75) is 32.7 Å². The molecule has 0 saturated heterocycles. The van der Waals surface area contributed by atoms with Gasteiger partial charge in [-0.3, -0.25) is 14.9 Å². The fourth-order valence-electron chi connectivity index (χ4n) is 2.09. The summed E-state index contributed by atoms with van der Waals surface area (Å²) in [5.74, 6) is 0.319. The molecule has 1 atom stereocenters. The molecule has 23 heavy (non-hydrogen) atoms. The second-order valence-corrected chi connectivity index (χ2v) is 6.03. The molecule has 0 aromatic heterocycles. The van der Waals surface area contributed by atoms with Crippen LogP contribution in [0.2, 0.25) is 5.02 Å². The number of amides is 1. The van der Waals surface area contributed by atoms with Crippen LogP contribution in [0.3, 0.4) is 0 Å². The number of nitrogens with one attached hydrogen (secondary N) is 1. The molecule has 128 valence electrons. The minimum atomic E-state index is -0.575. The standard InChI is InChI=1S/C15H22ClN3O4/c1-10(2)7-12(9-17)18-15(20)5-6-23-14-4-3-11(16)8-13(14)19(21)22/h3-4,8,10,12H,5-7,9,17H2,1-2H3,(H,18,20). The first kappa shape index (κ1) is 19.2. The summed E-state index contributed by atoms with van der Waals surface area (Å²) in [6.07, 6.45) is 0.889. The fraction of sp³-hybridized carbons (Fsp3) is 0.533. The molecule has 0 aliphatic heterocycles. The molecule has 7 nitrogen and oxygen atoms in total. The molecule has 0 spiro atoms. The number of nitro groups is 1. The monoisotopic (exact) mass is 343 g/mol. The van der Waals surface area contributed by atoms with Crippen LogP contribution in [0, 0.1) is 16.0 Å². The van der Waals surface area contributed by atoms with E-state index in [2.05, 4.69) is 19.2 Å². The molecule has 1 aromatic carbocycles. The van der Waals surface area contributed by atoms with Crippen LogP contribution in [0.4, 0.5) is 5.69 Å². The number of nitro benzene ring substituents is 1. The highest BCUT2D eigenvalue weighted by Gasteiger charge is 2.17. The zero-order chi connectivity index (χ0) is 17.4. The number of hydrogen-bond donors (Lipinski definition) is 2. The second-order valence-electron chi connectivity index (χ2n) is 5.60. The van der Waals surface area contributed by atoms with Gasteiger partial charge in [-0.1, -0.05) is 25.4 Å². The third kappa shape index (κ3) is 6.83. The number of carbonyl (C=O) groups is 1. The van der Waals surface area contributed by atoms with Crippen LogP contribution in [-0.2, 0) is 4.79 Å². The largest absolute Gasteiger partial charge is 0.486 e. The van der Waals surface area contributed by atoms with E-state index in [-0.39, 0.29) is 41.4 Å². The molecule has 0 aliphatic carbocycles. The first-order valence-corrected chi connectivity index (χ1v) is 7.77. The van der Waals surface area contributed by atoms with E-state index in [1.807, 2.05) is 0 Å². The molecule has 0 aliphatic rings. The third-order valence-corrected chi connectivity index (χ3v) is 3.35. The lowest BCUT2D eigenvalue weighted by Gasteiger charge is -2.18. The summed E-state index contributed by atoms with van der Waals surface area (Å²) < 4.78 is 5.33. The highest BCUT2D eigenvalue weighted by atomic mass is 35.5. The van der Waals surface area contributed by atoms with Crippen molar-refractivity contribution < 1.29 is 14.5 Å². The molecule has 1 unspecified atom stereocenters. The van der Waals surface area contributed by atoms with Crippen LogP contribution in [0.15, 0.2) is 18.2 Å².